The minimum absolute atomic E-state index is 0.553. The van der Waals surface area contributed by atoms with Crippen molar-refractivity contribution in [2.75, 3.05) is 0 Å². The van der Waals surface area contributed by atoms with E-state index in [-0.39, 0.29) is 0 Å². The second kappa shape index (κ2) is 6.44. The molecule has 0 aliphatic carbocycles. The van der Waals surface area contributed by atoms with Crippen molar-refractivity contribution in [2.24, 2.45) is 0 Å². The first-order valence-corrected chi connectivity index (χ1v) is 7.83. The average Bonchev–Trinajstić information content (AvgIpc) is 2.41. The summed E-state index contributed by atoms with van der Waals surface area (Å²) in [5.74, 6) is 0. The first-order valence-electron chi connectivity index (χ1n) is 5.76. The van der Waals surface area contributed by atoms with Gasteiger partial charge in [-0.3, -0.25) is 0 Å². The Balaban J connectivity index is 1.93. The van der Waals surface area contributed by atoms with Gasteiger partial charge in [-0.15, -0.1) is 0 Å². The molecule has 0 aromatic heterocycles. The molecule has 0 spiro atoms. The first kappa shape index (κ1) is 12.2. The Morgan fingerprint density at radius 1 is 0.941 bits per heavy atom. The zero-order valence-electron chi connectivity index (χ0n) is 9.97. The molecule has 0 unspecified atom stereocenters. The second-order valence-electron chi connectivity index (χ2n) is 3.88. The van der Waals surface area contributed by atoms with E-state index in [4.69, 9.17) is 0 Å². The van der Waals surface area contributed by atoms with Gasteiger partial charge in [0, 0.05) is 0 Å². The molecule has 2 aromatic carbocycles. The summed E-state index contributed by atoms with van der Waals surface area (Å²) in [5, 5.41) is 1.16. The molecule has 0 radical (unpaired) electrons. The van der Waals surface area contributed by atoms with Gasteiger partial charge in [-0.2, -0.15) is 0 Å². The molecule has 1 heteroatoms. The fourth-order valence-electron chi connectivity index (χ4n) is 1.60. The average molecular weight is 287 g/mol. The molecule has 0 amide bonds. The van der Waals surface area contributed by atoms with Gasteiger partial charge in [-0.25, -0.2) is 0 Å². The fourth-order valence-corrected chi connectivity index (χ4v) is 3.44. The van der Waals surface area contributed by atoms with Crippen LogP contribution in [0.15, 0.2) is 66.7 Å². The first-order chi connectivity index (χ1) is 8.36. The van der Waals surface area contributed by atoms with Gasteiger partial charge in [0.2, 0.25) is 0 Å². The third kappa shape index (κ3) is 3.89. The zero-order chi connectivity index (χ0) is 11.9. The SMILES string of the molecule is C/C(=C\C[Se]c1ccccc1)c1ccccc1. The van der Waals surface area contributed by atoms with Crippen LogP contribution in [0.4, 0.5) is 0 Å². The monoisotopic (exact) mass is 288 g/mol. The Labute approximate surface area is 110 Å². The van der Waals surface area contributed by atoms with Crippen LogP contribution in [-0.2, 0) is 0 Å². The minimum atomic E-state index is 0.553. The van der Waals surface area contributed by atoms with E-state index in [1.54, 1.807) is 0 Å². The predicted octanol–water partition coefficient (Wildman–Crippen LogP) is 3.54. The molecule has 86 valence electrons. The molecule has 0 bridgehead atoms. The molecule has 0 aliphatic rings. The molecular formula is C16H16Se. The molecule has 0 N–H and O–H groups in total. The molecule has 0 atom stereocenters. The van der Waals surface area contributed by atoms with Gasteiger partial charge in [0.15, 0.2) is 0 Å². The summed E-state index contributed by atoms with van der Waals surface area (Å²) >= 11 is 0.553. The van der Waals surface area contributed by atoms with Gasteiger partial charge in [-0.1, -0.05) is 0 Å². The van der Waals surface area contributed by atoms with Crippen LogP contribution >= 0.6 is 0 Å². The number of rotatable bonds is 4. The van der Waals surface area contributed by atoms with Crippen molar-refractivity contribution in [1.82, 2.24) is 0 Å². The molecule has 2 aromatic rings. The van der Waals surface area contributed by atoms with Gasteiger partial charge < -0.3 is 0 Å². The summed E-state index contributed by atoms with van der Waals surface area (Å²) in [7, 11) is 0. The van der Waals surface area contributed by atoms with E-state index >= 15 is 0 Å². The predicted molar refractivity (Wildman–Crippen MR) is 76.7 cm³/mol. The Bertz CT molecular complexity index is 471. The van der Waals surface area contributed by atoms with Gasteiger partial charge in [0.05, 0.1) is 0 Å². The molecule has 0 nitrogen and oxygen atoms in total. The molecule has 2 rings (SSSR count). The van der Waals surface area contributed by atoms with Gasteiger partial charge in [0.1, 0.15) is 0 Å². The molecular weight excluding hydrogens is 271 g/mol. The standard InChI is InChI=1S/C16H16Se/c1-14(15-8-4-2-5-9-15)12-13-17-16-10-6-3-7-11-16/h2-12H,13H2,1H3/b14-12+. The Morgan fingerprint density at radius 3 is 2.18 bits per heavy atom. The van der Waals surface area contributed by atoms with Crippen LogP contribution in [0.5, 0.6) is 0 Å². The van der Waals surface area contributed by atoms with Gasteiger partial charge in [0.25, 0.3) is 0 Å². The third-order valence-corrected chi connectivity index (χ3v) is 4.58. The van der Waals surface area contributed by atoms with Crippen molar-refractivity contribution in [3.05, 3.63) is 72.3 Å². The summed E-state index contributed by atoms with van der Waals surface area (Å²) in [5.41, 5.74) is 2.71. The Kier molecular flexibility index (Phi) is 4.61. The molecule has 0 fully saturated rings. The van der Waals surface area contributed by atoms with Crippen molar-refractivity contribution in [3.63, 3.8) is 0 Å². The third-order valence-electron chi connectivity index (χ3n) is 2.61. The topological polar surface area (TPSA) is 0 Å². The summed E-state index contributed by atoms with van der Waals surface area (Å²) in [6, 6.07) is 21.3. The van der Waals surface area contributed by atoms with Crippen LogP contribution in [0.2, 0.25) is 5.32 Å². The van der Waals surface area contributed by atoms with Crippen molar-refractivity contribution in [2.45, 2.75) is 12.2 Å². The molecule has 0 saturated carbocycles. The van der Waals surface area contributed by atoms with E-state index in [0.29, 0.717) is 15.0 Å². The summed E-state index contributed by atoms with van der Waals surface area (Å²) in [4.78, 5) is 0. The maximum absolute atomic E-state index is 2.35. The van der Waals surface area contributed by atoms with E-state index in [9.17, 15) is 0 Å². The van der Waals surface area contributed by atoms with Crippen molar-refractivity contribution >= 4 is 25.0 Å². The second-order valence-corrected chi connectivity index (χ2v) is 6.17. The van der Waals surface area contributed by atoms with Gasteiger partial charge in [-0.05, 0) is 0 Å². The van der Waals surface area contributed by atoms with Crippen molar-refractivity contribution < 1.29 is 0 Å². The van der Waals surface area contributed by atoms with E-state index in [1.807, 2.05) is 0 Å². The van der Waals surface area contributed by atoms with Crippen LogP contribution < -0.4 is 4.46 Å². The van der Waals surface area contributed by atoms with Crippen LogP contribution in [-0.4, -0.2) is 15.0 Å². The summed E-state index contributed by atoms with van der Waals surface area (Å²) in [6.45, 7) is 2.19. The van der Waals surface area contributed by atoms with Crippen LogP contribution in [0.3, 0.4) is 0 Å². The summed E-state index contributed by atoms with van der Waals surface area (Å²) in [6.07, 6.45) is 2.35. The molecule has 0 aliphatic heterocycles. The van der Waals surface area contributed by atoms with E-state index in [1.165, 1.54) is 15.6 Å². The van der Waals surface area contributed by atoms with E-state index in [0.717, 1.165) is 5.32 Å². The molecule has 0 heterocycles. The maximum atomic E-state index is 2.35. The Morgan fingerprint density at radius 2 is 1.53 bits per heavy atom. The van der Waals surface area contributed by atoms with Crippen LogP contribution in [0.25, 0.3) is 5.57 Å². The quantitative estimate of drug-likeness (QED) is 0.755. The number of hydrogen-bond acceptors (Lipinski definition) is 0. The van der Waals surface area contributed by atoms with Crippen molar-refractivity contribution in [3.8, 4) is 0 Å². The molecule has 0 saturated heterocycles. The zero-order valence-corrected chi connectivity index (χ0v) is 11.7. The number of allylic oxidation sites excluding steroid dienone is 2. The van der Waals surface area contributed by atoms with Crippen LogP contribution in [0, 0.1) is 0 Å². The number of benzene rings is 2. The summed E-state index contributed by atoms with van der Waals surface area (Å²) < 4.78 is 1.47. The van der Waals surface area contributed by atoms with Crippen LogP contribution in [0.1, 0.15) is 12.5 Å². The van der Waals surface area contributed by atoms with E-state index < -0.39 is 0 Å². The van der Waals surface area contributed by atoms with E-state index in [2.05, 4.69) is 73.7 Å². The molecule has 17 heavy (non-hydrogen) atoms. The normalized spacial score (nSPS) is 11.5. The van der Waals surface area contributed by atoms with Crippen molar-refractivity contribution in [1.29, 1.82) is 0 Å². The Hall–Kier alpha value is -1.30. The number of hydrogen-bond donors (Lipinski definition) is 0. The van der Waals surface area contributed by atoms with Gasteiger partial charge >= 0.3 is 110 Å². The fraction of sp³-hybridized carbons (Fsp3) is 0.125.